The maximum absolute atomic E-state index is 11.2. The molecule has 3 heteroatoms. The van der Waals surface area contributed by atoms with Gasteiger partial charge in [0.15, 0.2) is 0 Å². The summed E-state index contributed by atoms with van der Waals surface area (Å²) in [7, 11) is 0. The van der Waals surface area contributed by atoms with E-state index in [4.69, 9.17) is 9.47 Å². The van der Waals surface area contributed by atoms with E-state index in [1.54, 1.807) is 6.92 Å². The Bertz CT molecular complexity index is 406. The molecular weight excluding hydrogens is 192 g/mol. The van der Waals surface area contributed by atoms with Gasteiger partial charge in [0, 0.05) is 11.1 Å². The molecule has 0 saturated carbocycles. The van der Waals surface area contributed by atoms with Crippen LogP contribution in [0.15, 0.2) is 41.5 Å². The number of cyclic esters (lactones) is 1. The Balaban J connectivity index is 2.13. The maximum Gasteiger partial charge on any atom is 0.337 e. The molecule has 1 aliphatic rings. The summed E-state index contributed by atoms with van der Waals surface area (Å²) in [6.07, 6.45) is -0.570. The van der Waals surface area contributed by atoms with Gasteiger partial charge >= 0.3 is 5.97 Å². The second kappa shape index (κ2) is 3.77. The summed E-state index contributed by atoms with van der Waals surface area (Å²) in [6, 6.07) is 9.31. The first-order valence-electron chi connectivity index (χ1n) is 4.78. The monoisotopic (exact) mass is 204 g/mol. The largest absolute Gasteiger partial charge is 0.451 e. The van der Waals surface area contributed by atoms with Crippen molar-refractivity contribution in [1.82, 2.24) is 0 Å². The summed E-state index contributed by atoms with van der Waals surface area (Å²) in [5.74, 6) is 0.401. The molecule has 0 amide bonds. The fraction of sp³-hybridized carbons (Fsp3) is 0.250. The molecule has 1 atom stereocenters. The molecule has 3 nitrogen and oxygen atoms in total. The number of ether oxygens (including phenoxy) is 2. The number of hydrogen-bond acceptors (Lipinski definition) is 3. The van der Waals surface area contributed by atoms with Gasteiger partial charge in [0.05, 0.1) is 0 Å². The van der Waals surface area contributed by atoms with Gasteiger partial charge in [-0.1, -0.05) is 18.2 Å². The molecule has 1 aliphatic heterocycles. The van der Waals surface area contributed by atoms with Crippen molar-refractivity contribution >= 4 is 5.97 Å². The molecule has 2 rings (SSSR count). The van der Waals surface area contributed by atoms with E-state index in [2.05, 4.69) is 0 Å². The summed E-state index contributed by atoms with van der Waals surface area (Å²) >= 11 is 0. The zero-order chi connectivity index (χ0) is 10.8. The second-order valence-electron chi connectivity index (χ2n) is 3.48. The lowest BCUT2D eigenvalue weighted by molar-refractivity contribution is -0.149. The van der Waals surface area contributed by atoms with Crippen LogP contribution in [0.25, 0.3) is 0 Å². The molecule has 78 valence electrons. The summed E-state index contributed by atoms with van der Waals surface area (Å²) < 4.78 is 10.6. The number of rotatable bonds is 2. The minimum Gasteiger partial charge on any atom is -0.451 e. The van der Waals surface area contributed by atoms with Gasteiger partial charge in [0.2, 0.25) is 0 Å². The van der Waals surface area contributed by atoms with E-state index in [1.165, 1.54) is 0 Å². The van der Waals surface area contributed by atoms with E-state index in [9.17, 15) is 4.79 Å². The van der Waals surface area contributed by atoms with Gasteiger partial charge in [-0.25, -0.2) is 4.79 Å². The molecule has 1 aromatic rings. The van der Waals surface area contributed by atoms with E-state index in [0.717, 1.165) is 5.57 Å². The lowest BCUT2D eigenvalue weighted by atomic mass is 10.2. The minimum atomic E-state index is -0.570. The highest BCUT2D eigenvalue weighted by atomic mass is 16.7. The normalized spacial score (nSPS) is 20.4. The third-order valence-corrected chi connectivity index (χ3v) is 2.45. The Kier molecular flexibility index (Phi) is 2.46. The highest BCUT2D eigenvalue weighted by molar-refractivity contribution is 5.91. The zero-order valence-corrected chi connectivity index (χ0v) is 8.69. The summed E-state index contributed by atoms with van der Waals surface area (Å²) in [5, 5.41) is 0. The number of benzene rings is 1. The van der Waals surface area contributed by atoms with Gasteiger partial charge in [0.1, 0.15) is 5.75 Å². The van der Waals surface area contributed by atoms with Gasteiger partial charge in [-0.05, 0) is 26.0 Å². The van der Waals surface area contributed by atoms with Crippen LogP contribution in [-0.2, 0) is 9.53 Å². The topological polar surface area (TPSA) is 35.5 Å². The van der Waals surface area contributed by atoms with Crippen LogP contribution >= 0.6 is 0 Å². The molecule has 1 aromatic carbocycles. The van der Waals surface area contributed by atoms with E-state index in [1.807, 2.05) is 37.3 Å². The third kappa shape index (κ3) is 1.86. The van der Waals surface area contributed by atoms with Crippen LogP contribution in [0.4, 0.5) is 0 Å². The summed E-state index contributed by atoms with van der Waals surface area (Å²) in [5.41, 5.74) is 1.47. The van der Waals surface area contributed by atoms with Crippen molar-refractivity contribution in [3.05, 3.63) is 41.5 Å². The smallest absolute Gasteiger partial charge is 0.337 e. The first-order valence-corrected chi connectivity index (χ1v) is 4.78. The fourth-order valence-corrected chi connectivity index (χ4v) is 1.35. The molecule has 0 N–H and O–H groups in total. The van der Waals surface area contributed by atoms with Crippen LogP contribution in [0.5, 0.6) is 5.75 Å². The molecular formula is C12H12O3. The van der Waals surface area contributed by atoms with Crippen LogP contribution < -0.4 is 4.74 Å². The van der Waals surface area contributed by atoms with Crippen molar-refractivity contribution < 1.29 is 14.3 Å². The molecule has 0 aromatic heterocycles. The molecule has 0 saturated heterocycles. The van der Waals surface area contributed by atoms with E-state index in [0.29, 0.717) is 11.3 Å². The van der Waals surface area contributed by atoms with Crippen molar-refractivity contribution in [2.75, 3.05) is 0 Å². The van der Waals surface area contributed by atoms with Gasteiger partial charge in [0.25, 0.3) is 6.29 Å². The molecule has 0 aliphatic carbocycles. The summed E-state index contributed by atoms with van der Waals surface area (Å²) in [4.78, 5) is 11.2. The molecule has 0 bridgehead atoms. The van der Waals surface area contributed by atoms with E-state index >= 15 is 0 Å². The van der Waals surface area contributed by atoms with Crippen molar-refractivity contribution in [1.29, 1.82) is 0 Å². The van der Waals surface area contributed by atoms with Crippen LogP contribution in [0.2, 0.25) is 0 Å². The quantitative estimate of drug-likeness (QED) is 0.693. The average molecular weight is 204 g/mol. The van der Waals surface area contributed by atoms with E-state index in [-0.39, 0.29) is 5.97 Å². The van der Waals surface area contributed by atoms with Crippen LogP contribution in [0, 0.1) is 0 Å². The van der Waals surface area contributed by atoms with Gasteiger partial charge in [-0.3, -0.25) is 0 Å². The number of carbonyl (C=O) groups excluding carboxylic acids is 1. The van der Waals surface area contributed by atoms with Gasteiger partial charge in [-0.2, -0.15) is 0 Å². The average Bonchev–Trinajstić information content (AvgIpc) is 2.48. The predicted octanol–water partition coefficient (Wildman–Crippen LogP) is 2.28. The summed E-state index contributed by atoms with van der Waals surface area (Å²) in [6.45, 7) is 3.58. The van der Waals surface area contributed by atoms with Crippen LogP contribution in [-0.4, -0.2) is 12.3 Å². The fourth-order valence-electron chi connectivity index (χ4n) is 1.35. The lowest BCUT2D eigenvalue weighted by Crippen LogP contribution is -2.18. The van der Waals surface area contributed by atoms with Crippen LogP contribution in [0.3, 0.4) is 0 Å². The second-order valence-corrected chi connectivity index (χ2v) is 3.48. The highest BCUT2D eigenvalue weighted by Crippen LogP contribution is 2.24. The maximum atomic E-state index is 11.2. The van der Waals surface area contributed by atoms with Crippen molar-refractivity contribution in [2.45, 2.75) is 20.1 Å². The Morgan fingerprint density at radius 2 is 1.87 bits per heavy atom. The number of esters is 1. The van der Waals surface area contributed by atoms with Crippen LogP contribution in [0.1, 0.15) is 13.8 Å². The molecule has 0 spiro atoms. The zero-order valence-electron chi connectivity index (χ0n) is 8.69. The third-order valence-electron chi connectivity index (χ3n) is 2.45. The Hall–Kier alpha value is -1.77. The number of carbonyl (C=O) groups is 1. The van der Waals surface area contributed by atoms with Gasteiger partial charge in [-0.15, -0.1) is 0 Å². The van der Waals surface area contributed by atoms with E-state index < -0.39 is 6.29 Å². The predicted molar refractivity (Wildman–Crippen MR) is 55.3 cm³/mol. The SMILES string of the molecule is CC1=C(C)C(Oc2ccccc2)OC1=O. The Morgan fingerprint density at radius 1 is 1.20 bits per heavy atom. The molecule has 0 fully saturated rings. The minimum absolute atomic E-state index is 0.298. The molecule has 1 heterocycles. The molecule has 0 radical (unpaired) electrons. The number of hydrogen-bond donors (Lipinski definition) is 0. The highest BCUT2D eigenvalue weighted by Gasteiger charge is 2.29. The standard InChI is InChI=1S/C12H12O3/c1-8-9(2)12(15-11(8)13)14-10-6-4-3-5-7-10/h3-7,12H,1-2H3. The number of para-hydroxylation sites is 1. The Morgan fingerprint density at radius 3 is 2.40 bits per heavy atom. The lowest BCUT2D eigenvalue weighted by Gasteiger charge is -2.13. The Labute approximate surface area is 88.3 Å². The first-order chi connectivity index (χ1) is 7.18. The molecule has 15 heavy (non-hydrogen) atoms. The first kappa shape index (κ1) is 9.77. The van der Waals surface area contributed by atoms with Crippen molar-refractivity contribution in [3.63, 3.8) is 0 Å². The van der Waals surface area contributed by atoms with Gasteiger partial charge < -0.3 is 9.47 Å². The van der Waals surface area contributed by atoms with Crippen molar-refractivity contribution in [2.24, 2.45) is 0 Å². The molecule has 1 unspecified atom stereocenters. The van der Waals surface area contributed by atoms with Crippen molar-refractivity contribution in [3.8, 4) is 5.75 Å².